The number of methoxy groups -OCH3 is 1. The van der Waals surface area contributed by atoms with Crippen LogP contribution in [0.15, 0.2) is 0 Å². The van der Waals surface area contributed by atoms with Crippen LogP contribution in [0.4, 0.5) is 0 Å². The maximum absolute atomic E-state index is 12.5. The Balaban J connectivity index is 2.80. The zero-order valence-corrected chi connectivity index (χ0v) is 12.4. The lowest BCUT2D eigenvalue weighted by atomic mass is 9.96. The lowest BCUT2D eigenvalue weighted by Crippen LogP contribution is -2.64. The summed E-state index contributed by atoms with van der Waals surface area (Å²) < 4.78 is 5.03. The standard InChI is InChI=1S/C14H26N2O3/c1-5-7-11-13(17)15-12(10(2)3)14(18)16(11)8-6-9-19-4/h10-12H,5-9H2,1-4H3,(H,15,17). The Morgan fingerprint density at radius 3 is 2.58 bits per heavy atom. The summed E-state index contributed by atoms with van der Waals surface area (Å²) in [6.45, 7) is 7.14. The van der Waals surface area contributed by atoms with Gasteiger partial charge in [0.05, 0.1) is 0 Å². The van der Waals surface area contributed by atoms with Crippen LogP contribution in [0.3, 0.4) is 0 Å². The minimum Gasteiger partial charge on any atom is -0.385 e. The van der Waals surface area contributed by atoms with E-state index in [-0.39, 0.29) is 29.8 Å². The minimum absolute atomic E-state index is 0.0161. The van der Waals surface area contributed by atoms with E-state index in [0.717, 1.165) is 19.3 Å². The van der Waals surface area contributed by atoms with Crippen molar-refractivity contribution in [2.45, 2.75) is 52.1 Å². The van der Waals surface area contributed by atoms with Gasteiger partial charge in [0.2, 0.25) is 11.8 Å². The number of hydrogen-bond acceptors (Lipinski definition) is 3. The number of rotatable bonds is 7. The minimum atomic E-state index is -0.386. The van der Waals surface area contributed by atoms with Gasteiger partial charge in [0.25, 0.3) is 0 Å². The van der Waals surface area contributed by atoms with E-state index in [0.29, 0.717) is 13.2 Å². The third-order valence-corrected chi connectivity index (χ3v) is 3.50. The summed E-state index contributed by atoms with van der Waals surface area (Å²) in [6.07, 6.45) is 2.37. The van der Waals surface area contributed by atoms with Crippen molar-refractivity contribution < 1.29 is 14.3 Å². The molecule has 0 spiro atoms. The summed E-state index contributed by atoms with van der Waals surface area (Å²) in [7, 11) is 1.64. The Kier molecular flexibility index (Phi) is 6.28. The predicted octanol–water partition coefficient (Wildman–Crippen LogP) is 1.17. The second-order valence-electron chi connectivity index (χ2n) is 5.41. The highest BCUT2D eigenvalue weighted by atomic mass is 16.5. The van der Waals surface area contributed by atoms with Gasteiger partial charge < -0.3 is 15.0 Å². The molecule has 110 valence electrons. The molecule has 0 aromatic heterocycles. The number of carbonyl (C=O) groups excluding carboxylic acids is 2. The number of amides is 2. The molecule has 1 heterocycles. The van der Waals surface area contributed by atoms with Crippen LogP contribution in [0.2, 0.25) is 0 Å². The quantitative estimate of drug-likeness (QED) is 0.707. The van der Waals surface area contributed by atoms with Gasteiger partial charge in [-0.2, -0.15) is 0 Å². The van der Waals surface area contributed by atoms with Gasteiger partial charge in [0, 0.05) is 20.3 Å². The first-order valence-electron chi connectivity index (χ1n) is 7.12. The summed E-state index contributed by atoms with van der Waals surface area (Å²) in [5, 5.41) is 2.86. The number of piperazine rings is 1. The summed E-state index contributed by atoms with van der Waals surface area (Å²) in [4.78, 5) is 26.4. The Bertz CT molecular complexity index is 318. The first kappa shape index (κ1) is 16.0. The van der Waals surface area contributed by atoms with E-state index in [1.54, 1.807) is 12.0 Å². The van der Waals surface area contributed by atoms with Gasteiger partial charge in [-0.05, 0) is 18.8 Å². The molecule has 1 aliphatic rings. The highest BCUT2D eigenvalue weighted by Crippen LogP contribution is 2.19. The Labute approximate surface area is 115 Å². The Hall–Kier alpha value is -1.10. The van der Waals surface area contributed by atoms with E-state index in [2.05, 4.69) is 5.32 Å². The first-order valence-corrected chi connectivity index (χ1v) is 7.12. The molecule has 19 heavy (non-hydrogen) atoms. The molecular weight excluding hydrogens is 244 g/mol. The van der Waals surface area contributed by atoms with Crippen molar-refractivity contribution in [3.63, 3.8) is 0 Å². The van der Waals surface area contributed by atoms with Crippen molar-refractivity contribution in [2.75, 3.05) is 20.3 Å². The van der Waals surface area contributed by atoms with Crippen LogP contribution >= 0.6 is 0 Å². The van der Waals surface area contributed by atoms with Crippen LogP contribution in [0.1, 0.15) is 40.0 Å². The average Bonchev–Trinajstić information content (AvgIpc) is 2.36. The highest BCUT2D eigenvalue weighted by Gasteiger charge is 2.40. The molecule has 1 aliphatic heterocycles. The van der Waals surface area contributed by atoms with Crippen LogP contribution < -0.4 is 5.32 Å². The van der Waals surface area contributed by atoms with E-state index in [4.69, 9.17) is 4.74 Å². The fraction of sp³-hybridized carbons (Fsp3) is 0.857. The van der Waals surface area contributed by atoms with Crippen LogP contribution in [-0.2, 0) is 14.3 Å². The van der Waals surface area contributed by atoms with Gasteiger partial charge in [0.15, 0.2) is 0 Å². The Morgan fingerprint density at radius 2 is 2.05 bits per heavy atom. The molecule has 0 aromatic rings. The topological polar surface area (TPSA) is 58.6 Å². The normalized spacial score (nSPS) is 23.9. The summed E-state index contributed by atoms with van der Waals surface area (Å²) in [6, 6.07) is -0.701. The van der Waals surface area contributed by atoms with Crippen LogP contribution in [-0.4, -0.2) is 49.1 Å². The molecular formula is C14H26N2O3. The average molecular weight is 270 g/mol. The van der Waals surface area contributed by atoms with E-state index in [1.165, 1.54) is 0 Å². The molecule has 0 aliphatic carbocycles. The summed E-state index contributed by atoms with van der Waals surface area (Å²) in [5.74, 6) is 0.144. The zero-order valence-electron chi connectivity index (χ0n) is 12.4. The number of nitrogens with one attached hydrogen (secondary N) is 1. The van der Waals surface area contributed by atoms with Crippen molar-refractivity contribution in [3.05, 3.63) is 0 Å². The maximum atomic E-state index is 12.5. The van der Waals surface area contributed by atoms with Gasteiger partial charge >= 0.3 is 0 Å². The molecule has 0 radical (unpaired) electrons. The van der Waals surface area contributed by atoms with Crippen molar-refractivity contribution in [1.29, 1.82) is 0 Å². The molecule has 5 heteroatoms. The van der Waals surface area contributed by atoms with E-state index >= 15 is 0 Å². The molecule has 0 saturated carbocycles. The molecule has 1 fully saturated rings. The third kappa shape index (κ3) is 3.93. The van der Waals surface area contributed by atoms with Gasteiger partial charge in [-0.1, -0.05) is 27.2 Å². The lowest BCUT2D eigenvalue weighted by Gasteiger charge is -2.40. The van der Waals surface area contributed by atoms with Gasteiger partial charge in [0.1, 0.15) is 12.1 Å². The van der Waals surface area contributed by atoms with Crippen LogP contribution in [0.5, 0.6) is 0 Å². The largest absolute Gasteiger partial charge is 0.385 e. The van der Waals surface area contributed by atoms with E-state index < -0.39 is 0 Å². The monoisotopic (exact) mass is 270 g/mol. The van der Waals surface area contributed by atoms with E-state index in [1.807, 2.05) is 20.8 Å². The number of carbonyl (C=O) groups is 2. The van der Waals surface area contributed by atoms with Gasteiger partial charge in [-0.25, -0.2) is 0 Å². The van der Waals surface area contributed by atoms with Crippen LogP contribution in [0.25, 0.3) is 0 Å². The fourth-order valence-corrected chi connectivity index (χ4v) is 2.44. The third-order valence-electron chi connectivity index (χ3n) is 3.50. The molecule has 1 rings (SSSR count). The molecule has 2 unspecified atom stereocenters. The lowest BCUT2D eigenvalue weighted by molar-refractivity contribution is -0.151. The second-order valence-corrected chi connectivity index (χ2v) is 5.41. The summed E-state index contributed by atoms with van der Waals surface area (Å²) in [5.41, 5.74) is 0. The highest BCUT2D eigenvalue weighted by molar-refractivity contribution is 5.97. The predicted molar refractivity (Wildman–Crippen MR) is 73.7 cm³/mol. The maximum Gasteiger partial charge on any atom is 0.246 e. The molecule has 0 aromatic carbocycles. The van der Waals surface area contributed by atoms with E-state index in [9.17, 15) is 9.59 Å². The smallest absolute Gasteiger partial charge is 0.246 e. The zero-order chi connectivity index (χ0) is 14.4. The number of nitrogens with zero attached hydrogens (tertiary/aromatic N) is 1. The second kappa shape index (κ2) is 7.48. The molecule has 2 amide bonds. The fourth-order valence-electron chi connectivity index (χ4n) is 2.44. The SMILES string of the molecule is CCCC1C(=O)NC(C(C)C)C(=O)N1CCCOC. The van der Waals surface area contributed by atoms with Gasteiger partial charge in [-0.15, -0.1) is 0 Å². The van der Waals surface area contributed by atoms with Crippen LogP contribution in [0, 0.1) is 5.92 Å². The van der Waals surface area contributed by atoms with Crippen molar-refractivity contribution >= 4 is 11.8 Å². The molecule has 5 nitrogen and oxygen atoms in total. The van der Waals surface area contributed by atoms with Crippen molar-refractivity contribution in [3.8, 4) is 0 Å². The number of ether oxygens (including phenoxy) is 1. The molecule has 1 N–H and O–H groups in total. The Morgan fingerprint density at radius 1 is 1.37 bits per heavy atom. The van der Waals surface area contributed by atoms with Crippen molar-refractivity contribution in [1.82, 2.24) is 10.2 Å². The first-order chi connectivity index (χ1) is 9.02. The number of hydrogen-bond donors (Lipinski definition) is 1. The van der Waals surface area contributed by atoms with Gasteiger partial charge in [-0.3, -0.25) is 9.59 Å². The van der Waals surface area contributed by atoms with Crippen molar-refractivity contribution in [2.24, 2.45) is 5.92 Å². The summed E-state index contributed by atoms with van der Waals surface area (Å²) >= 11 is 0. The molecule has 1 saturated heterocycles. The molecule has 0 bridgehead atoms. The molecule has 2 atom stereocenters.